The molecule has 0 unspecified atom stereocenters. The third kappa shape index (κ3) is 4.38. The molecule has 0 aromatic heterocycles. The number of rotatable bonds is 2. The zero-order valence-electron chi connectivity index (χ0n) is 5.50. The molecule has 0 saturated heterocycles. The molecular weight excluding hydrogens is 133 g/mol. The molecule has 0 aromatic carbocycles. The van der Waals surface area contributed by atoms with E-state index in [0.29, 0.717) is 5.01 Å². The number of hydrogen-bond acceptors (Lipinski definition) is 3. The fourth-order valence-corrected chi connectivity index (χ4v) is 0.254. The first-order valence-corrected chi connectivity index (χ1v) is 2.12. The number of urea groups is 1. The fourth-order valence-electron chi connectivity index (χ4n) is 0.254. The summed E-state index contributed by atoms with van der Waals surface area (Å²) in [6.45, 7) is 1.82. The first kappa shape index (κ1) is 11.6. The van der Waals surface area contributed by atoms with Gasteiger partial charge in [0.25, 0.3) is 0 Å². The van der Waals surface area contributed by atoms with Crippen LogP contribution in [0.15, 0.2) is 5.29 Å². The molecule has 0 atom stereocenters. The third-order valence-electron chi connectivity index (χ3n) is 0.652. The molecule has 0 aliphatic rings. The number of carbonyl (C=O) groups is 1. The number of hydrogen-bond donors (Lipinski definition) is 1. The molecule has 47 valence electrons. The molecule has 5 nitrogen and oxygen atoms in total. The van der Waals surface area contributed by atoms with Crippen molar-refractivity contribution in [1.82, 2.24) is 5.01 Å². The van der Waals surface area contributed by atoms with Crippen molar-refractivity contribution in [2.75, 3.05) is 6.54 Å². The van der Waals surface area contributed by atoms with Gasteiger partial charge in [-0.15, -0.1) is 4.91 Å². The largest absolute Gasteiger partial charge is 0.350 e. The van der Waals surface area contributed by atoms with Crippen LogP contribution in [-0.4, -0.2) is 47.1 Å². The van der Waals surface area contributed by atoms with Gasteiger partial charge in [-0.2, -0.15) is 5.01 Å². The first-order valence-electron chi connectivity index (χ1n) is 2.12. The summed E-state index contributed by atoms with van der Waals surface area (Å²) in [6, 6.07) is -0.817. The summed E-state index contributed by atoms with van der Waals surface area (Å²) in [5.41, 5.74) is 4.65. The Balaban J connectivity index is 0. The normalized spacial score (nSPS) is 7.22. The SMILES string of the molecule is CCN(N=O)C(N)=O.[Na]. The van der Waals surface area contributed by atoms with Gasteiger partial charge >= 0.3 is 6.03 Å². The molecule has 2 amide bonds. The van der Waals surface area contributed by atoms with Gasteiger partial charge in [-0.05, 0) is 6.92 Å². The van der Waals surface area contributed by atoms with E-state index in [1.165, 1.54) is 0 Å². The van der Waals surface area contributed by atoms with Gasteiger partial charge in [0.2, 0.25) is 0 Å². The molecular formula is C3H7N3NaO2. The van der Waals surface area contributed by atoms with Crippen molar-refractivity contribution in [3.05, 3.63) is 4.91 Å². The van der Waals surface area contributed by atoms with E-state index < -0.39 is 6.03 Å². The van der Waals surface area contributed by atoms with Crippen molar-refractivity contribution in [1.29, 1.82) is 0 Å². The minimum Gasteiger partial charge on any atom is -0.350 e. The van der Waals surface area contributed by atoms with E-state index in [1.54, 1.807) is 6.92 Å². The Hall–Kier alpha value is -0.130. The van der Waals surface area contributed by atoms with Crippen LogP contribution in [0.3, 0.4) is 0 Å². The number of carbonyl (C=O) groups excluding carboxylic acids is 1. The van der Waals surface area contributed by atoms with Crippen molar-refractivity contribution < 1.29 is 4.79 Å². The summed E-state index contributed by atoms with van der Waals surface area (Å²) in [5, 5.41) is 2.94. The van der Waals surface area contributed by atoms with Crippen molar-refractivity contribution >= 4 is 35.6 Å². The Morgan fingerprint density at radius 3 is 2.22 bits per heavy atom. The summed E-state index contributed by atoms with van der Waals surface area (Å²) in [4.78, 5) is 19.6. The van der Waals surface area contributed by atoms with E-state index >= 15 is 0 Å². The quantitative estimate of drug-likeness (QED) is 0.324. The van der Waals surface area contributed by atoms with Gasteiger partial charge in [-0.3, -0.25) is 0 Å². The second-order valence-corrected chi connectivity index (χ2v) is 1.14. The molecule has 0 rings (SSSR count). The maximum absolute atomic E-state index is 10.0. The molecule has 0 heterocycles. The molecule has 0 fully saturated rings. The van der Waals surface area contributed by atoms with Crippen LogP contribution in [0.25, 0.3) is 0 Å². The third-order valence-corrected chi connectivity index (χ3v) is 0.652. The van der Waals surface area contributed by atoms with E-state index in [0.717, 1.165) is 0 Å². The van der Waals surface area contributed by atoms with Gasteiger partial charge in [0, 0.05) is 36.1 Å². The van der Waals surface area contributed by atoms with Gasteiger partial charge in [-0.1, -0.05) is 0 Å². The number of primary amides is 1. The molecule has 9 heavy (non-hydrogen) atoms. The number of nitroso groups, excluding NO2 is 1. The van der Waals surface area contributed by atoms with Crippen LogP contribution in [0.5, 0.6) is 0 Å². The van der Waals surface area contributed by atoms with Crippen LogP contribution in [0.4, 0.5) is 4.79 Å². The molecule has 0 bridgehead atoms. The Morgan fingerprint density at radius 1 is 1.78 bits per heavy atom. The van der Waals surface area contributed by atoms with Crippen LogP contribution >= 0.6 is 0 Å². The predicted octanol–water partition coefficient (Wildman–Crippen LogP) is -0.312. The van der Waals surface area contributed by atoms with Gasteiger partial charge in [0.05, 0.1) is 5.29 Å². The first-order chi connectivity index (χ1) is 3.72. The molecule has 0 spiro atoms. The number of amides is 2. The Morgan fingerprint density at radius 2 is 2.22 bits per heavy atom. The van der Waals surface area contributed by atoms with E-state index in [4.69, 9.17) is 0 Å². The van der Waals surface area contributed by atoms with Crippen LogP contribution in [0, 0.1) is 4.91 Å². The van der Waals surface area contributed by atoms with Gasteiger partial charge in [-0.25, -0.2) is 4.79 Å². The molecule has 1 radical (unpaired) electrons. The zero-order valence-corrected chi connectivity index (χ0v) is 7.50. The van der Waals surface area contributed by atoms with Crippen molar-refractivity contribution in [2.45, 2.75) is 6.92 Å². The van der Waals surface area contributed by atoms with Crippen LogP contribution in [-0.2, 0) is 0 Å². The monoisotopic (exact) mass is 140 g/mol. The minimum atomic E-state index is -0.817. The number of nitrogens with two attached hydrogens (primary N) is 1. The maximum Gasteiger partial charge on any atom is 0.337 e. The Kier molecular flexibility index (Phi) is 7.76. The van der Waals surface area contributed by atoms with Crippen LogP contribution in [0.2, 0.25) is 0 Å². The van der Waals surface area contributed by atoms with Crippen molar-refractivity contribution in [3.8, 4) is 0 Å². The molecule has 0 aromatic rings. The Labute approximate surface area is 74.8 Å². The summed E-state index contributed by atoms with van der Waals surface area (Å²) in [6.07, 6.45) is 0. The van der Waals surface area contributed by atoms with Crippen LogP contribution < -0.4 is 5.73 Å². The van der Waals surface area contributed by atoms with Crippen molar-refractivity contribution in [3.63, 3.8) is 0 Å². The van der Waals surface area contributed by atoms with Gasteiger partial charge in [0.15, 0.2) is 0 Å². The predicted molar refractivity (Wildman–Crippen MR) is 33.5 cm³/mol. The molecule has 2 N–H and O–H groups in total. The van der Waals surface area contributed by atoms with E-state index in [1.807, 2.05) is 0 Å². The Bertz CT molecular complexity index is 107. The molecule has 0 aliphatic carbocycles. The van der Waals surface area contributed by atoms with E-state index in [-0.39, 0.29) is 36.1 Å². The van der Waals surface area contributed by atoms with Gasteiger partial charge in [0.1, 0.15) is 0 Å². The minimum absolute atomic E-state index is 0. The summed E-state index contributed by atoms with van der Waals surface area (Å²) in [5.74, 6) is 0. The molecule has 0 aliphatic heterocycles. The smallest absolute Gasteiger partial charge is 0.337 e. The second-order valence-electron chi connectivity index (χ2n) is 1.14. The van der Waals surface area contributed by atoms with E-state index in [9.17, 15) is 9.70 Å². The van der Waals surface area contributed by atoms with Crippen molar-refractivity contribution in [2.24, 2.45) is 11.0 Å². The van der Waals surface area contributed by atoms with E-state index in [2.05, 4.69) is 11.0 Å². The summed E-state index contributed by atoms with van der Waals surface area (Å²) >= 11 is 0. The van der Waals surface area contributed by atoms with Crippen LogP contribution in [0.1, 0.15) is 6.92 Å². The molecule has 6 heteroatoms. The second kappa shape index (κ2) is 6.00. The topological polar surface area (TPSA) is 75.8 Å². The summed E-state index contributed by atoms with van der Waals surface area (Å²) in [7, 11) is 0. The average Bonchev–Trinajstić information content (AvgIpc) is 1.69. The summed E-state index contributed by atoms with van der Waals surface area (Å²) < 4.78 is 0. The average molecular weight is 140 g/mol. The van der Waals surface area contributed by atoms with Gasteiger partial charge < -0.3 is 5.73 Å². The number of nitrogens with zero attached hydrogens (tertiary/aromatic N) is 2. The maximum atomic E-state index is 10.0. The standard InChI is InChI=1S/C3H7N3O2.Na/c1-2-6(5-8)3(4)7;/h2H2,1H3,(H2,4,7);. The fraction of sp³-hybridized carbons (Fsp3) is 0.667. The molecule has 0 saturated carbocycles. The zero-order chi connectivity index (χ0) is 6.57.